The van der Waals surface area contributed by atoms with Gasteiger partial charge in [-0.25, -0.2) is 4.68 Å². The van der Waals surface area contributed by atoms with E-state index in [1.807, 2.05) is 102 Å². The molecular formula is C27H23N5O2. The lowest BCUT2D eigenvalue weighted by Gasteiger charge is -2.05. The lowest BCUT2D eigenvalue weighted by Crippen LogP contribution is -2.23. The molecule has 34 heavy (non-hydrogen) atoms. The fourth-order valence-electron chi connectivity index (χ4n) is 3.65. The molecule has 0 saturated carbocycles. The van der Waals surface area contributed by atoms with Gasteiger partial charge >= 0.3 is 0 Å². The molecule has 0 unspecified atom stereocenters. The minimum Gasteiger partial charge on any atom is -0.352 e. The maximum absolute atomic E-state index is 12.6. The van der Waals surface area contributed by atoms with Gasteiger partial charge in [0.25, 0.3) is 0 Å². The summed E-state index contributed by atoms with van der Waals surface area (Å²) in [5.74, 6) is 0.874. The zero-order valence-electron chi connectivity index (χ0n) is 18.5. The average molecular weight is 450 g/mol. The number of carbonyl (C=O) groups is 1. The minimum atomic E-state index is -0.0917. The lowest BCUT2D eigenvalue weighted by atomic mass is 10.1. The Hall–Kier alpha value is -4.52. The van der Waals surface area contributed by atoms with Gasteiger partial charge in [0.1, 0.15) is 0 Å². The molecule has 3 aromatic carbocycles. The SMILES string of the molecule is O=C(CCc1nc(-c2ccccc2)no1)NCc1cn(-c2ccccc2)nc1-c1ccccc1. The molecule has 0 spiro atoms. The molecule has 0 bridgehead atoms. The molecule has 0 fully saturated rings. The number of benzene rings is 3. The van der Waals surface area contributed by atoms with Gasteiger partial charge in [-0.15, -0.1) is 0 Å². The van der Waals surface area contributed by atoms with Crippen molar-refractivity contribution in [3.63, 3.8) is 0 Å². The first-order valence-corrected chi connectivity index (χ1v) is 11.1. The van der Waals surface area contributed by atoms with Crippen LogP contribution in [0.2, 0.25) is 0 Å². The number of aromatic nitrogens is 4. The van der Waals surface area contributed by atoms with Gasteiger partial charge in [-0.2, -0.15) is 10.1 Å². The van der Waals surface area contributed by atoms with E-state index < -0.39 is 0 Å². The van der Waals surface area contributed by atoms with Crippen LogP contribution >= 0.6 is 0 Å². The number of hydrogen-bond donors (Lipinski definition) is 1. The number of aryl methyl sites for hydroxylation is 1. The first kappa shape index (κ1) is 21.3. The first-order valence-electron chi connectivity index (χ1n) is 11.1. The first-order chi connectivity index (χ1) is 16.8. The summed E-state index contributed by atoms with van der Waals surface area (Å²) >= 11 is 0. The van der Waals surface area contributed by atoms with Gasteiger partial charge in [-0.1, -0.05) is 84.0 Å². The highest BCUT2D eigenvalue weighted by atomic mass is 16.5. The third-order valence-electron chi connectivity index (χ3n) is 5.40. The van der Waals surface area contributed by atoms with Crippen LogP contribution in [0.5, 0.6) is 0 Å². The molecule has 168 valence electrons. The van der Waals surface area contributed by atoms with E-state index in [1.54, 1.807) is 0 Å². The van der Waals surface area contributed by atoms with Gasteiger partial charge in [0.15, 0.2) is 0 Å². The number of nitrogens with one attached hydrogen (secondary N) is 1. The number of para-hydroxylation sites is 1. The second kappa shape index (κ2) is 9.95. The van der Waals surface area contributed by atoms with E-state index in [0.29, 0.717) is 24.7 Å². The second-order valence-electron chi connectivity index (χ2n) is 7.80. The highest BCUT2D eigenvalue weighted by Gasteiger charge is 2.14. The maximum Gasteiger partial charge on any atom is 0.227 e. The average Bonchev–Trinajstić information content (AvgIpc) is 3.55. The van der Waals surface area contributed by atoms with Crippen molar-refractivity contribution in [3.05, 3.63) is 109 Å². The Kier molecular flexibility index (Phi) is 6.25. The molecule has 5 aromatic rings. The van der Waals surface area contributed by atoms with Crippen LogP contribution in [-0.2, 0) is 17.8 Å². The van der Waals surface area contributed by atoms with Gasteiger partial charge in [0.05, 0.1) is 11.4 Å². The smallest absolute Gasteiger partial charge is 0.227 e. The summed E-state index contributed by atoms with van der Waals surface area (Å²) in [7, 11) is 0. The standard InChI is InChI=1S/C27H23N5O2/c33-24(16-17-25-29-27(31-34-25)21-12-6-2-7-13-21)28-18-22-19-32(23-14-8-3-9-15-23)30-26(22)20-10-4-1-5-11-20/h1-15,19H,16-18H2,(H,28,33). The molecular weight excluding hydrogens is 426 g/mol. The lowest BCUT2D eigenvalue weighted by molar-refractivity contribution is -0.121. The van der Waals surface area contributed by atoms with Crippen LogP contribution in [0.25, 0.3) is 28.3 Å². The van der Waals surface area contributed by atoms with Gasteiger partial charge in [-0.3, -0.25) is 4.79 Å². The van der Waals surface area contributed by atoms with E-state index in [2.05, 4.69) is 15.5 Å². The van der Waals surface area contributed by atoms with Crippen LogP contribution < -0.4 is 5.32 Å². The molecule has 7 nitrogen and oxygen atoms in total. The van der Waals surface area contributed by atoms with Crippen LogP contribution in [0.1, 0.15) is 17.9 Å². The van der Waals surface area contributed by atoms with E-state index in [0.717, 1.165) is 28.1 Å². The molecule has 2 aromatic heterocycles. The largest absolute Gasteiger partial charge is 0.352 e. The number of amides is 1. The van der Waals surface area contributed by atoms with Crippen molar-refractivity contribution in [1.29, 1.82) is 0 Å². The van der Waals surface area contributed by atoms with Crippen LogP contribution in [-0.4, -0.2) is 25.8 Å². The van der Waals surface area contributed by atoms with E-state index in [4.69, 9.17) is 9.62 Å². The van der Waals surface area contributed by atoms with Crippen molar-refractivity contribution in [2.24, 2.45) is 0 Å². The quantitative estimate of drug-likeness (QED) is 0.366. The van der Waals surface area contributed by atoms with E-state index in [-0.39, 0.29) is 12.3 Å². The van der Waals surface area contributed by atoms with Gasteiger partial charge < -0.3 is 9.84 Å². The summed E-state index contributed by atoms with van der Waals surface area (Å²) in [5.41, 5.74) is 4.62. The summed E-state index contributed by atoms with van der Waals surface area (Å²) in [6, 6.07) is 29.5. The Morgan fingerprint density at radius 1 is 0.853 bits per heavy atom. The number of rotatable bonds is 8. The summed E-state index contributed by atoms with van der Waals surface area (Å²) in [5, 5.41) is 11.8. The number of nitrogens with zero attached hydrogens (tertiary/aromatic N) is 4. The van der Waals surface area contributed by atoms with Crippen molar-refractivity contribution >= 4 is 5.91 Å². The second-order valence-corrected chi connectivity index (χ2v) is 7.80. The van der Waals surface area contributed by atoms with Crippen LogP contribution in [0.3, 0.4) is 0 Å². The molecule has 2 heterocycles. The van der Waals surface area contributed by atoms with Crippen molar-refractivity contribution in [2.45, 2.75) is 19.4 Å². The Balaban J connectivity index is 1.25. The molecule has 7 heteroatoms. The molecule has 1 N–H and O–H groups in total. The van der Waals surface area contributed by atoms with Gasteiger partial charge in [0, 0.05) is 42.3 Å². The Labute approximate surface area is 197 Å². The predicted molar refractivity (Wildman–Crippen MR) is 129 cm³/mol. The molecule has 0 radical (unpaired) electrons. The zero-order chi connectivity index (χ0) is 23.2. The zero-order valence-corrected chi connectivity index (χ0v) is 18.5. The van der Waals surface area contributed by atoms with Gasteiger partial charge in [0.2, 0.25) is 17.6 Å². The Morgan fingerprint density at radius 3 is 2.21 bits per heavy atom. The molecule has 0 aliphatic heterocycles. The molecule has 0 atom stereocenters. The van der Waals surface area contributed by atoms with E-state index >= 15 is 0 Å². The molecule has 0 aliphatic rings. The Morgan fingerprint density at radius 2 is 1.50 bits per heavy atom. The topological polar surface area (TPSA) is 85.8 Å². The van der Waals surface area contributed by atoms with E-state index in [1.165, 1.54) is 0 Å². The van der Waals surface area contributed by atoms with Crippen LogP contribution in [0.15, 0.2) is 102 Å². The van der Waals surface area contributed by atoms with Crippen molar-refractivity contribution in [3.8, 4) is 28.3 Å². The van der Waals surface area contributed by atoms with Crippen LogP contribution in [0.4, 0.5) is 0 Å². The maximum atomic E-state index is 12.6. The summed E-state index contributed by atoms with van der Waals surface area (Å²) in [4.78, 5) is 17.0. The van der Waals surface area contributed by atoms with Crippen molar-refractivity contribution < 1.29 is 9.32 Å². The fraction of sp³-hybridized carbons (Fsp3) is 0.111. The third-order valence-corrected chi connectivity index (χ3v) is 5.40. The summed E-state index contributed by atoms with van der Waals surface area (Å²) < 4.78 is 7.15. The highest BCUT2D eigenvalue weighted by Crippen LogP contribution is 2.23. The summed E-state index contributed by atoms with van der Waals surface area (Å²) in [6.07, 6.45) is 2.59. The van der Waals surface area contributed by atoms with Crippen LogP contribution in [0, 0.1) is 0 Å². The summed E-state index contributed by atoms with van der Waals surface area (Å²) in [6.45, 7) is 0.370. The number of hydrogen-bond acceptors (Lipinski definition) is 5. The van der Waals surface area contributed by atoms with Crippen molar-refractivity contribution in [1.82, 2.24) is 25.2 Å². The number of carbonyl (C=O) groups excluding carboxylic acids is 1. The predicted octanol–water partition coefficient (Wildman–Crippen LogP) is 4.84. The van der Waals surface area contributed by atoms with E-state index in [9.17, 15) is 4.79 Å². The third kappa shape index (κ3) is 4.94. The molecule has 0 saturated heterocycles. The van der Waals surface area contributed by atoms with Gasteiger partial charge in [-0.05, 0) is 12.1 Å². The molecule has 0 aliphatic carbocycles. The molecule has 1 amide bonds. The fourth-order valence-corrected chi connectivity index (χ4v) is 3.65. The van der Waals surface area contributed by atoms with Crippen molar-refractivity contribution in [2.75, 3.05) is 0 Å². The normalized spacial score (nSPS) is 10.8. The Bertz CT molecular complexity index is 1360. The minimum absolute atomic E-state index is 0.0917. The highest BCUT2D eigenvalue weighted by molar-refractivity contribution is 5.76. The molecule has 5 rings (SSSR count). The monoisotopic (exact) mass is 449 g/mol.